The Morgan fingerprint density at radius 1 is 0.581 bits per heavy atom. The van der Waals surface area contributed by atoms with E-state index < -0.39 is 18.1 Å². The first-order valence-electron chi connectivity index (χ1n) is 16.4. The number of amides is 2. The highest BCUT2D eigenvalue weighted by atomic mass is 33.1. The van der Waals surface area contributed by atoms with Crippen LogP contribution in [0.2, 0.25) is 0 Å². The molecule has 0 aliphatic carbocycles. The molecule has 2 unspecified atom stereocenters. The lowest BCUT2D eigenvalue weighted by Gasteiger charge is -2.14. The van der Waals surface area contributed by atoms with E-state index in [1.54, 1.807) is 0 Å². The second kappa shape index (κ2) is 30.5. The average Bonchev–Trinajstić information content (AvgIpc) is 2.99. The Balaban J connectivity index is 3.54. The molecular formula is C31H60N4O6S2. The first kappa shape index (κ1) is 41.5. The molecule has 0 radical (unpaired) electrons. The third-order valence-electron chi connectivity index (χ3n) is 7.20. The summed E-state index contributed by atoms with van der Waals surface area (Å²) < 4.78 is 4.64. The van der Waals surface area contributed by atoms with Gasteiger partial charge in [0.05, 0.1) is 19.2 Å². The maximum Gasteiger partial charge on any atom is 0.305 e. The number of esters is 1. The maximum atomic E-state index is 12.2. The molecule has 0 aliphatic heterocycles. The van der Waals surface area contributed by atoms with Crippen LogP contribution < -0.4 is 22.1 Å². The molecule has 0 rings (SSSR count). The van der Waals surface area contributed by atoms with Crippen LogP contribution in [-0.4, -0.2) is 72.6 Å². The zero-order valence-corrected chi connectivity index (χ0v) is 28.2. The standard InChI is InChI=1S/C31H60N4O6S2/c1-41-29(38)21-17-13-9-5-3-7-11-15-19-23-35-31(40)27(33)25-43-42-24-26(32)30(39)34-22-18-14-10-6-2-4-8-12-16-20-28(36)37/h26-27H,2-25,32-33H2,1H3,(H,34,39)(H,35,40)(H,36,37). The Kier molecular flexibility index (Phi) is 29.5. The van der Waals surface area contributed by atoms with Gasteiger partial charge in [-0.3, -0.25) is 19.2 Å². The molecule has 0 saturated carbocycles. The minimum atomic E-state index is -0.713. The summed E-state index contributed by atoms with van der Waals surface area (Å²) in [7, 11) is 4.36. The number of aliphatic carboxylic acids is 1. The van der Waals surface area contributed by atoms with Crippen LogP contribution in [0, 0.1) is 0 Å². The van der Waals surface area contributed by atoms with Gasteiger partial charge in [0.1, 0.15) is 0 Å². The fourth-order valence-electron chi connectivity index (χ4n) is 4.45. The summed E-state index contributed by atoms with van der Waals surface area (Å²) in [6, 6.07) is -1.17. The fourth-order valence-corrected chi connectivity index (χ4v) is 6.70. The summed E-state index contributed by atoms with van der Waals surface area (Å²) in [6.45, 7) is 1.27. The fraction of sp³-hybridized carbons (Fsp3) is 0.871. The molecule has 10 nitrogen and oxygen atoms in total. The van der Waals surface area contributed by atoms with E-state index in [-0.39, 0.29) is 24.2 Å². The molecule has 0 fully saturated rings. The predicted octanol–water partition coefficient (Wildman–Crippen LogP) is 5.31. The molecule has 0 heterocycles. The molecule has 0 bridgehead atoms. The first-order valence-corrected chi connectivity index (χ1v) is 18.9. The third-order valence-corrected chi connectivity index (χ3v) is 9.68. The van der Waals surface area contributed by atoms with Gasteiger partial charge in [0.15, 0.2) is 0 Å². The van der Waals surface area contributed by atoms with Crippen LogP contribution >= 0.6 is 21.6 Å². The number of hydrogen-bond acceptors (Lipinski definition) is 9. The van der Waals surface area contributed by atoms with Crippen molar-refractivity contribution in [3.8, 4) is 0 Å². The summed E-state index contributed by atoms with van der Waals surface area (Å²) in [5.74, 6) is -0.199. The van der Waals surface area contributed by atoms with Crippen molar-refractivity contribution in [3.05, 3.63) is 0 Å². The Bertz CT molecular complexity index is 732. The number of unbranched alkanes of at least 4 members (excludes halogenated alkanes) is 16. The van der Waals surface area contributed by atoms with E-state index in [1.807, 2.05) is 0 Å². The molecule has 0 saturated heterocycles. The van der Waals surface area contributed by atoms with Crippen molar-refractivity contribution in [1.82, 2.24) is 10.6 Å². The number of methoxy groups -OCH3 is 1. The van der Waals surface area contributed by atoms with Gasteiger partial charge < -0.3 is 31.9 Å². The van der Waals surface area contributed by atoms with Gasteiger partial charge in [-0.2, -0.15) is 0 Å². The third kappa shape index (κ3) is 29.0. The molecule has 252 valence electrons. The van der Waals surface area contributed by atoms with Crippen molar-refractivity contribution in [2.24, 2.45) is 11.5 Å². The van der Waals surface area contributed by atoms with Gasteiger partial charge in [0, 0.05) is 37.4 Å². The van der Waals surface area contributed by atoms with Crippen LogP contribution in [0.15, 0.2) is 0 Å². The summed E-state index contributed by atoms with van der Waals surface area (Å²) >= 11 is 0. The molecule has 0 aromatic rings. The van der Waals surface area contributed by atoms with Crippen molar-refractivity contribution >= 4 is 45.3 Å². The van der Waals surface area contributed by atoms with E-state index >= 15 is 0 Å². The Morgan fingerprint density at radius 3 is 1.26 bits per heavy atom. The van der Waals surface area contributed by atoms with Crippen molar-refractivity contribution < 1.29 is 29.0 Å². The van der Waals surface area contributed by atoms with E-state index in [4.69, 9.17) is 16.6 Å². The van der Waals surface area contributed by atoms with Crippen LogP contribution in [0.5, 0.6) is 0 Å². The summed E-state index contributed by atoms with van der Waals surface area (Å²) in [5.41, 5.74) is 12.0. The van der Waals surface area contributed by atoms with E-state index in [9.17, 15) is 19.2 Å². The largest absolute Gasteiger partial charge is 0.481 e. The summed E-state index contributed by atoms with van der Waals surface area (Å²) in [4.78, 5) is 45.9. The lowest BCUT2D eigenvalue weighted by Crippen LogP contribution is -2.43. The van der Waals surface area contributed by atoms with Gasteiger partial charge in [0.25, 0.3) is 0 Å². The van der Waals surface area contributed by atoms with Gasteiger partial charge in [-0.1, -0.05) is 111 Å². The van der Waals surface area contributed by atoms with Gasteiger partial charge in [-0.15, -0.1) is 0 Å². The monoisotopic (exact) mass is 648 g/mol. The minimum absolute atomic E-state index is 0.127. The zero-order chi connectivity index (χ0) is 32.0. The molecule has 0 aromatic carbocycles. The van der Waals surface area contributed by atoms with Gasteiger partial charge in [0.2, 0.25) is 11.8 Å². The molecule has 0 aromatic heterocycles. The highest BCUT2D eigenvalue weighted by Gasteiger charge is 2.16. The second-order valence-electron chi connectivity index (χ2n) is 11.2. The number of nitrogens with one attached hydrogen (secondary N) is 2. The molecular weight excluding hydrogens is 588 g/mol. The summed E-state index contributed by atoms with van der Waals surface area (Å²) in [6.07, 6.45) is 20.2. The number of hydrogen-bond donors (Lipinski definition) is 5. The molecule has 2 amide bonds. The van der Waals surface area contributed by atoms with Crippen LogP contribution in [0.3, 0.4) is 0 Å². The quantitative estimate of drug-likeness (QED) is 0.0376. The van der Waals surface area contributed by atoms with Crippen LogP contribution in [0.25, 0.3) is 0 Å². The number of ether oxygens (including phenoxy) is 1. The first-order chi connectivity index (χ1) is 20.8. The van der Waals surface area contributed by atoms with E-state index in [0.29, 0.717) is 31.0 Å². The zero-order valence-electron chi connectivity index (χ0n) is 26.6. The number of nitrogens with two attached hydrogens (primary N) is 2. The number of carboxylic acid groups (broad SMARTS) is 1. The van der Waals surface area contributed by atoms with Gasteiger partial charge >= 0.3 is 11.9 Å². The molecule has 0 spiro atoms. The number of rotatable bonds is 31. The number of carbonyl (C=O) groups excluding carboxylic acids is 3. The Morgan fingerprint density at radius 2 is 0.907 bits per heavy atom. The molecule has 0 aliphatic rings. The van der Waals surface area contributed by atoms with Crippen molar-refractivity contribution in [2.45, 2.75) is 141 Å². The topological polar surface area (TPSA) is 174 Å². The Hall–Kier alpha value is -1.50. The number of carbonyl (C=O) groups is 4. The normalized spacial score (nSPS) is 12.4. The van der Waals surface area contributed by atoms with Crippen molar-refractivity contribution in [3.63, 3.8) is 0 Å². The van der Waals surface area contributed by atoms with Gasteiger partial charge in [-0.05, 0) is 25.7 Å². The second-order valence-corrected chi connectivity index (χ2v) is 13.8. The highest BCUT2D eigenvalue weighted by Crippen LogP contribution is 2.22. The highest BCUT2D eigenvalue weighted by molar-refractivity contribution is 8.76. The smallest absolute Gasteiger partial charge is 0.305 e. The lowest BCUT2D eigenvalue weighted by molar-refractivity contribution is -0.141. The molecule has 12 heteroatoms. The molecule has 43 heavy (non-hydrogen) atoms. The molecule has 7 N–H and O–H groups in total. The van der Waals surface area contributed by atoms with Crippen LogP contribution in [0.4, 0.5) is 0 Å². The maximum absolute atomic E-state index is 12.2. The summed E-state index contributed by atoms with van der Waals surface area (Å²) in [5, 5.41) is 14.4. The van der Waals surface area contributed by atoms with E-state index in [2.05, 4.69) is 15.4 Å². The minimum Gasteiger partial charge on any atom is -0.481 e. The molecule has 2 atom stereocenters. The van der Waals surface area contributed by atoms with Crippen LogP contribution in [0.1, 0.15) is 128 Å². The van der Waals surface area contributed by atoms with Crippen LogP contribution in [-0.2, 0) is 23.9 Å². The van der Waals surface area contributed by atoms with Gasteiger partial charge in [-0.25, -0.2) is 0 Å². The number of carboxylic acids is 1. The average molecular weight is 649 g/mol. The van der Waals surface area contributed by atoms with Crippen molar-refractivity contribution in [2.75, 3.05) is 31.7 Å². The van der Waals surface area contributed by atoms with E-state index in [0.717, 1.165) is 83.5 Å². The SMILES string of the molecule is COC(=O)CCCCCCCCCCCNC(=O)C(N)CSSCC(N)C(=O)NCCCCCCCCCCCC(=O)O. The lowest BCUT2D eigenvalue weighted by atomic mass is 10.1. The predicted molar refractivity (Wildman–Crippen MR) is 179 cm³/mol. The Labute approximate surface area is 268 Å². The van der Waals surface area contributed by atoms with E-state index in [1.165, 1.54) is 60.8 Å². The van der Waals surface area contributed by atoms with Crippen molar-refractivity contribution in [1.29, 1.82) is 0 Å².